The van der Waals surface area contributed by atoms with Gasteiger partial charge in [-0.2, -0.15) is 0 Å². The summed E-state index contributed by atoms with van der Waals surface area (Å²) in [6.07, 6.45) is 0.639. The third-order valence-electron chi connectivity index (χ3n) is 3.99. The highest BCUT2D eigenvalue weighted by Gasteiger charge is 2.22. The predicted molar refractivity (Wildman–Crippen MR) is 87.1 cm³/mol. The summed E-state index contributed by atoms with van der Waals surface area (Å²) in [7, 11) is 3.80. The first kappa shape index (κ1) is 17.2. The van der Waals surface area contributed by atoms with Crippen LogP contribution in [0, 0.1) is 0 Å². The molecule has 1 heterocycles. The van der Waals surface area contributed by atoms with E-state index in [9.17, 15) is 5.11 Å². The molecule has 1 aliphatic rings. The summed E-state index contributed by atoms with van der Waals surface area (Å²) in [5.74, 6) is 0.875. The first-order valence-corrected chi connectivity index (χ1v) is 7.96. The Hall–Kier alpha value is -1.14. The number of nitrogens with one attached hydrogen (secondary N) is 1. The van der Waals surface area contributed by atoms with E-state index in [1.54, 1.807) is 7.11 Å². The number of aliphatic hydroxyl groups excluding tert-OH is 1. The molecule has 2 atom stereocenters. The number of nitrogens with zero attached hydrogens (tertiary/aromatic N) is 1. The van der Waals surface area contributed by atoms with E-state index in [1.165, 1.54) is 5.56 Å². The molecule has 2 N–H and O–H groups in total. The van der Waals surface area contributed by atoms with Crippen LogP contribution in [0.2, 0.25) is 0 Å². The van der Waals surface area contributed by atoms with Gasteiger partial charge in [0.15, 0.2) is 0 Å². The Morgan fingerprint density at radius 3 is 2.86 bits per heavy atom. The van der Waals surface area contributed by atoms with E-state index < -0.39 is 0 Å². The molecule has 0 radical (unpaired) electrons. The molecule has 5 heteroatoms. The molecule has 0 unspecified atom stereocenters. The first-order chi connectivity index (χ1) is 10.6. The van der Waals surface area contributed by atoms with E-state index >= 15 is 0 Å². The lowest BCUT2D eigenvalue weighted by Gasteiger charge is -2.21. The Bertz CT molecular complexity index is 467. The smallest absolute Gasteiger partial charge is 0.124 e. The Labute approximate surface area is 133 Å². The Morgan fingerprint density at radius 2 is 2.23 bits per heavy atom. The largest absolute Gasteiger partial charge is 0.496 e. The molecule has 1 aromatic rings. The maximum atomic E-state index is 9.57. The lowest BCUT2D eigenvalue weighted by atomic mass is 10.1. The molecule has 1 aliphatic heterocycles. The summed E-state index contributed by atoms with van der Waals surface area (Å²) < 4.78 is 10.9. The normalized spacial score (nSPS) is 21.5. The number of methoxy groups -OCH3 is 1. The Kier molecular flexibility index (Phi) is 6.64. The maximum Gasteiger partial charge on any atom is 0.124 e. The summed E-state index contributed by atoms with van der Waals surface area (Å²) in [6.45, 7) is 5.78. The van der Waals surface area contributed by atoms with Crippen molar-refractivity contribution in [2.45, 2.75) is 38.6 Å². The van der Waals surface area contributed by atoms with Gasteiger partial charge in [-0.25, -0.2) is 0 Å². The van der Waals surface area contributed by atoms with Gasteiger partial charge in [0.25, 0.3) is 0 Å². The molecule has 2 rings (SSSR count). The summed E-state index contributed by atoms with van der Waals surface area (Å²) in [5, 5.41) is 12.9. The van der Waals surface area contributed by atoms with Crippen molar-refractivity contribution in [3.8, 4) is 5.75 Å². The SMILES string of the molecule is CCOCc1cc(CN(C)C[C@@H]2C[C@@H](O)CN2)ccc1OC. The molecular weight excluding hydrogens is 280 g/mol. The monoisotopic (exact) mass is 308 g/mol. The van der Waals surface area contributed by atoms with Gasteiger partial charge < -0.3 is 24.8 Å². The molecular formula is C17H28N2O3. The number of hydrogen-bond donors (Lipinski definition) is 2. The van der Waals surface area contributed by atoms with Crippen LogP contribution in [0.3, 0.4) is 0 Å². The van der Waals surface area contributed by atoms with Crippen molar-refractivity contribution in [1.82, 2.24) is 10.2 Å². The van der Waals surface area contributed by atoms with Gasteiger partial charge in [-0.1, -0.05) is 6.07 Å². The van der Waals surface area contributed by atoms with Crippen molar-refractivity contribution < 1.29 is 14.6 Å². The van der Waals surface area contributed by atoms with E-state index in [1.807, 2.05) is 13.0 Å². The van der Waals surface area contributed by atoms with E-state index in [2.05, 4.69) is 29.4 Å². The highest BCUT2D eigenvalue weighted by atomic mass is 16.5. The second kappa shape index (κ2) is 8.48. The lowest BCUT2D eigenvalue weighted by molar-refractivity contribution is 0.132. The maximum absolute atomic E-state index is 9.57. The summed E-state index contributed by atoms with van der Waals surface area (Å²) in [4.78, 5) is 2.28. The van der Waals surface area contributed by atoms with Crippen LogP contribution in [-0.4, -0.2) is 56.0 Å². The minimum absolute atomic E-state index is 0.197. The number of benzene rings is 1. The number of hydrogen-bond acceptors (Lipinski definition) is 5. The van der Waals surface area contributed by atoms with Crippen LogP contribution in [0.15, 0.2) is 18.2 Å². The third-order valence-corrected chi connectivity index (χ3v) is 3.99. The van der Waals surface area contributed by atoms with Gasteiger partial charge in [0, 0.05) is 37.8 Å². The van der Waals surface area contributed by atoms with Crippen LogP contribution in [0.4, 0.5) is 0 Å². The van der Waals surface area contributed by atoms with Crippen molar-refractivity contribution in [3.05, 3.63) is 29.3 Å². The van der Waals surface area contributed by atoms with Gasteiger partial charge in [0.05, 0.1) is 19.8 Å². The summed E-state index contributed by atoms with van der Waals surface area (Å²) >= 11 is 0. The van der Waals surface area contributed by atoms with Crippen molar-refractivity contribution in [2.24, 2.45) is 0 Å². The number of ether oxygens (including phenoxy) is 2. The molecule has 124 valence electrons. The van der Waals surface area contributed by atoms with E-state index in [0.29, 0.717) is 25.8 Å². The average molecular weight is 308 g/mol. The zero-order chi connectivity index (χ0) is 15.9. The fourth-order valence-corrected chi connectivity index (χ4v) is 2.94. The predicted octanol–water partition coefficient (Wildman–Crippen LogP) is 1.39. The Balaban J connectivity index is 1.93. The van der Waals surface area contributed by atoms with Crippen LogP contribution in [-0.2, 0) is 17.9 Å². The van der Waals surface area contributed by atoms with Crippen molar-refractivity contribution in [3.63, 3.8) is 0 Å². The zero-order valence-electron chi connectivity index (χ0n) is 13.8. The fraction of sp³-hybridized carbons (Fsp3) is 0.647. The van der Waals surface area contributed by atoms with Gasteiger partial charge >= 0.3 is 0 Å². The number of rotatable bonds is 8. The average Bonchev–Trinajstić information content (AvgIpc) is 2.90. The first-order valence-electron chi connectivity index (χ1n) is 7.96. The molecule has 22 heavy (non-hydrogen) atoms. The fourth-order valence-electron chi connectivity index (χ4n) is 2.94. The molecule has 0 bridgehead atoms. The molecule has 0 saturated carbocycles. The minimum Gasteiger partial charge on any atom is -0.496 e. The van der Waals surface area contributed by atoms with E-state index in [0.717, 1.165) is 30.8 Å². The summed E-state index contributed by atoms with van der Waals surface area (Å²) in [6, 6.07) is 6.64. The second-order valence-corrected chi connectivity index (χ2v) is 5.97. The van der Waals surface area contributed by atoms with Crippen molar-refractivity contribution in [2.75, 3.05) is 33.9 Å². The zero-order valence-corrected chi connectivity index (χ0v) is 13.8. The van der Waals surface area contributed by atoms with Crippen LogP contribution in [0.1, 0.15) is 24.5 Å². The molecule has 1 saturated heterocycles. The lowest BCUT2D eigenvalue weighted by Crippen LogP contribution is -2.34. The second-order valence-electron chi connectivity index (χ2n) is 5.97. The van der Waals surface area contributed by atoms with Gasteiger partial charge in [0.1, 0.15) is 5.75 Å². The Morgan fingerprint density at radius 1 is 1.41 bits per heavy atom. The van der Waals surface area contributed by atoms with E-state index in [-0.39, 0.29) is 6.10 Å². The summed E-state index contributed by atoms with van der Waals surface area (Å²) in [5.41, 5.74) is 2.33. The van der Waals surface area contributed by atoms with Crippen LogP contribution in [0.5, 0.6) is 5.75 Å². The molecule has 0 aromatic heterocycles. The van der Waals surface area contributed by atoms with Gasteiger partial charge in [-0.3, -0.25) is 0 Å². The van der Waals surface area contributed by atoms with Crippen LogP contribution < -0.4 is 10.1 Å². The molecule has 0 amide bonds. The molecule has 0 spiro atoms. The molecule has 1 fully saturated rings. The van der Waals surface area contributed by atoms with Crippen LogP contribution in [0.25, 0.3) is 0 Å². The van der Waals surface area contributed by atoms with E-state index in [4.69, 9.17) is 9.47 Å². The standard InChI is InChI=1S/C17H28N2O3/c1-4-22-12-14-7-13(5-6-17(14)21-3)10-19(2)11-15-8-16(20)9-18-15/h5-7,15-16,18,20H,4,8-12H2,1-3H3/t15-,16+/m0/s1. The highest BCUT2D eigenvalue weighted by molar-refractivity contribution is 5.36. The molecule has 1 aromatic carbocycles. The van der Waals surface area contributed by atoms with Gasteiger partial charge in [-0.05, 0) is 38.1 Å². The van der Waals surface area contributed by atoms with Crippen molar-refractivity contribution >= 4 is 0 Å². The third kappa shape index (κ3) is 4.95. The molecule has 5 nitrogen and oxygen atoms in total. The molecule has 0 aliphatic carbocycles. The quantitative estimate of drug-likeness (QED) is 0.760. The van der Waals surface area contributed by atoms with Crippen molar-refractivity contribution in [1.29, 1.82) is 0 Å². The number of likely N-dealkylation sites (N-methyl/N-ethyl adjacent to an activating group) is 1. The topological polar surface area (TPSA) is 54.0 Å². The van der Waals surface area contributed by atoms with Crippen LogP contribution >= 0.6 is 0 Å². The minimum atomic E-state index is -0.197. The highest BCUT2D eigenvalue weighted by Crippen LogP contribution is 2.21. The number of β-amino-alcohol motifs (C(OH)–C–C–N with tert-alkyl or cyclic N) is 1. The number of aliphatic hydroxyl groups is 1. The van der Waals surface area contributed by atoms with Gasteiger partial charge in [0.2, 0.25) is 0 Å². The van der Waals surface area contributed by atoms with Gasteiger partial charge in [-0.15, -0.1) is 0 Å².